The van der Waals surface area contributed by atoms with Gasteiger partial charge >= 0.3 is 0 Å². The Labute approximate surface area is 87.5 Å². The number of aliphatic hydroxyl groups excluding tert-OH is 1. The number of halogens is 2. The van der Waals surface area contributed by atoms with E-state index in [2.05, 4.69) is 0 Å². The molecule has 0 fully saturated rings. The van der Waals surface area contributed by atoms with Crippen molar-refractivity contribution in [3.8, 4) is 0 Å². The third kappa shape index (κ3) is 2.44. The molecule has 0 saturated carbocycles. The van der Waals surface area contributed by atoms with Gasteiger partial charge in [0.15, 0.2) is 0 Å². The van der Waals surface area contributed by atoms with Crippen LogP contribution in [0.1, 0.15) is 23.6 Å². The standard InChI is InChI=1S/C10H13ClFNO/c11-9-3-1-2-7(8(9)6-12)10(13)4-5-14/h1-3,10,14H,4-6,13H2. The van der Waals surface area contributed by atoms with Crippen LogP contribution in [-0.2, 0) is 6.67 Å². The molecule has 0 amide bonds. The highest BCUT2D eigenvalue weighted by atomic mass is 35.5. The molecular weight excluding hydrogens is 205 g/mol. The van der Waals surface area contributed by atoms with Gasteiger partial charge < -0.3 is 10.8 Å². The second kappa shape index (κ2) is 5.29. The SMILES string of the molecule is NC(CCO)c1cccc(Cl)c1CF. The average molecular weight is 218 g/mol. The van der Waals surface area contributed by atoms with Crippen molar-refractivity contribution >= 4 is 11.6 Å². The van der Waals surface area contributed by atoms with Crippen LogP contribution in [0.4, 0.5) is 4.39 Å². The van der Waals surface area contributed by atoms with Crippen molar-refractivity contribution in [2.75, 3.05) is 6.61 Å². The fourth-order valence-corrected chi connectivity index (χ4v) is 1.59. The number of nitrogens with two attached hydrogens (primary N) is 1. The zero-order chi connectivity index (χ0) is 10.6. The first kappa shape index (κ1) is 11.4. The molecule has 0 aliphatic rings. The number of benzene rings is 1. The summed E-state index contributed by atoms with van der Waals surface area (Å²) in [6, 6.07) is 4.74. The second-order valence-corrected chi connectivity index (χ2v) is 3.47. The van der Waals surface area contributed by atoms with Crippen molar-refractivity contribution in [2.45, 2.75) is 19.1 Å². The lowest BCUT2D eigenvalue weighted by Gasteiger charge is -2.14. The maximum atomic E-state index is 12.6. The number of rotatable bonds is 4. The van der Waals surface area contributed by atoms with Crippen LogP contribution < -0.4 is 5.73 Å². The molecule has 0 aromatic heterocycles. The lowest BCUT2D eigenvalue weighted by molar-refractivity contribution is 0.276. The van der Waals surface area contributed by atoms with Crippen molar-refractivity contribution in [1.29, 1.82) is 0 Å². The zero-order valence-corrected chi connectivity index (χ0v) is 8.47. The quantitative estimate of drug-likeness (QED) is 0.812. The molecule has 0 spiro atoms. The van der Waals surface area contributed by atoms with Crippen LogP contribution in [-0.4, -0.2) is 11.7 Å². The molecule has 0 saturated heterocycles. The van der Waals surface area contributed by atoms with E-state index in [9.17, 15) is 4.39 Å². The second-order valence-electron chi connectivity index (χ2n) is 3.06. The molecule has 4 heteroatoms. The summed E-state index contributed by atoms with van der Waals surface area (Å²) in [5.41, 5.74) is 6.87. The van der Waals surface area contributed by atoms with Crippen molar-refractivity contribution < 1.29 is 9.50 Å². The van der Waals surface area contributed by atoms with E-state index in [0.717, 1.165) is 0 Å². The van der Waals surface area contributed by atoms with Gasteiger partial charge in [-0.25, -0.2) is 4.39 Å². The van der Waals surface area contributed by atoms with Gasteiger partial charge in [-0.2, -0.15) is 0 Å². The molecule has 1 aromatic carbocycles. The summed E-state index contributed by atoms with van der Waals surface area (Å²) in [6.07, 6.45) is 0.410. The summed E-state index contributed by atoms with van der Waals surface area (Å²) in [5, 5.41) is 9.11. The normalized spacial score (nSPS) is 12.9. The number of aliphatic hydroxyl groups is 1. The molecule has 0 aliphatic heterocycles. The molecule has 0 aliphatic carbocycles. The predicted octanol–water partition coefficient (Wildman–Crippen LogP) is 2.19. The van der Waals surface area contributed by atoms with Crippen LogP contribution in [0.2, 0.25) is 5.02 Å². The molecule has 14 heavy (non-hydrogen) atoms. The van der Waals surface area contributed by atoms with Crippen LogP contribution in [0, 0.1) is 0 Å². The predicted molar refractivity (Wildman–Crippen MR) is 54.9 cm³/mol. The minimum absolute atomic E-state index is 0.0145. The van der Waals surface area contributed by atoms with Crippen molar-refractivity contribution in [3.63, 3.8) is 0 Å². The molecule has 0 bridgehead atoms. The van der Waals surface area contributed by atoms with Gasteiger partial charge in [0.2, 0.25) is 0 Å². The highest BCUT2D eigenvalue weighted by Gasteiger charge is 2.12. The van der Waals surface area contributed by atoms with Gasteiger partial charge in [0, 0.05) is 23.2 Å². The first-order valence-electron chi connectivity index (χ1n) is 4.40. The van der Waals surface area contributed by atoms with E-state index in [1.54, 1.807) is 18.2 Å². The van der Waals surface area contributed by atoms with Crippen LogP contribution in [0.5, 0.6) is 0 Å². The summed E-state index contributed by atoms with van der Waals surface area (Å²) >= 11 is 5.82. The van der Waals surface area contributed by atoms with E-state index in [-0.39, 0.29) is 12.6 Å². The minimum Gasteiger partial charge on any atom is -0.396 e. The Balaban J connectivity index is 3.00. The summed E-state index contributed by atoms with van der Waals surface area (Å²) < 4.78 is 12.6. The van der Waals surface area contributed by atoms with Crippen LogP contribution in [0.15, 0.2) is 18.2 Å². The zero-order valence-electron chi connectivity index (χ0n) is 7.71. The fourth-order valence-electron chi connectivity index (χ4n) is 1.36. The molecule has 0 heterocycles. The topological polar surface area (TPSA) is 46.2 Å². The molecule has 1 rings (SSSR count). The van der Waals surface area contributed by atoms with Gasteiger partial charge in [-0.15, -0.1) is 0 Å². The van der Waals surface area contributed by atoms with Gasteiger partial charge in [0.05, 0.1) is 0 Å². The van der Waals surface area contributed by atoms with E-state index in [1.807, 2.05) is 0 Å². The van der Waals surface area contributed by atoms with Crippen LogP contribution >= 0.6 is 11.6 Å². The molecule has 1 aromatic rings. The molecule has 2 nitrogen and oxygen atoms in total. The van der Waals surface area contributed by atoms with Crippen molar-refractivity contribution in [2.24, 2.45) is 5.73 Å². The van der Waals surface area contributed by atoms with Crippen molar-refractivity contribution in [1.82, 2.24) is 0 Å². The van der Waals surface area contributed by atoms with Crippen LogP contribution in [0.25, 0.3) is 0 Å². The maximum Gasteiger partial charge on any atom is 0.116 e. The van der Waals surface area contributed by atoms with Gasteiger partial charge in [-0.05, 0) is 18.1 Å². The molecule has 0 radical (unpaired) electrons. The Bertz CT molecular complexity index is 306. The Morgan fingerprint density at radius 1 is 1.50 bits per heavy atom. The van der Waals surface area contributed by atoms with E-state index in [0.29, 0.717) is 22.6 Å². The highest BCUT2D eigenvalue weighted by Crippen LogP contribution is 2.26. The summed E-state index contributed by atoms with van der Waals surface area (Å²) in [4.78, 5) is 0. The average Bonchev–Trinajstić information content (AvgIpc) is 2.17. The molecule has 1 atom stereocenters. The number of hydrogen-bond donors (Lipinski definition) is 2. The van der Waals surface area contributed by atoms with Gasteiger partial charge in [0.1, 0.15) is 6.67 Å². The van der Waals surface area contributed by atoms with Gasteiger partial charge in [0.25, 0.3) is 0 Å². The summed E-state index contributed by atoms with van der Waals surface area (Å²) in [6.45, 7) is -0.645. The Hall–Kier alpha value is -0.640. The fraction of sp³-hybridized carbons (Fsp3) is 0.400. The Kier molecular flexibility index (Phi) is 4.32. The van der Waals surface area contributed by atoms with Crippen LogP contribution in [0.3, 0.4) is 0 Å². The van der Waals surface area contributed by atoms with E-state index < -0.39 is 6.67 Å². The molecule has 1 unspecified atom stereocenters. The third-order valence-electron chi connectivity index (χ3n) is 2.13. The van der Waals surface area contributed by atoms with E-state index in [1.165, 1.54) is 0 Å². The summed E-state index contributed by atoms with van der Waals surface area (Å²) in [7, 11) is 0. The Morgan fingerprint density at radius 3 is 2.79 bits per heavy atom. The number of alkyl halides is 1. The Morgan fingerprint density at radius 2 is 2.21 bits per heavy atom. The van der Waals surface area contributed by atoms with Crippen molar-refractivity contribution in [3.05, 3.63) is 34.3 Å². The molecule has 3 N–H and O–H groups in total. The van der Waals surface area contributed by atoms with E-state index >= 15 is 0 Å². The van der Waals surface area contributed by atoms with Gasteiger partial charge in [-0.3, -0.25) is 0 Å². The first-order valence-corrected chi connectivity index (χ1v) is 4.78. The first-order chi connectivity index (χ1) is 6.70. The smallest absolute Gasteiger partial charge is 0.116 e. The highest BCUT2D eigenvalue weighted by molar-refractivity contribution is 6.31. The molecular formula is C10H13ClFNO. The molecule has 78 valence electrons. The lowest BCUT2D eigenvalue weighted by atomic mass is 9.99. The minimum atomic E-state index is -0.631. The number of hydrogen-bond acceptors (Lipinski definition) is 2. The summed E-state index contributed by atoms with van der Waals surface area (Å²) in [5.74, 6) is 0. The van der Waals surface area contributed by atoms with E-state index in [4.69, 9.17) is 22.4 Å². The monoisotopic (exact) mass is 217 g/mol. The van der Waals surface area contributed by atoms with Gasteiger partial charge in [-0.1, -0.05) is 23.7 Å². The largest absolute Gasteiger partial charge is 0.396 e. The lowest BCUT2D eigenvalue weighted by Crippen LogP contribution is -2.14. The maximum absolute atomic E-state index is 12.6. The third-order valence-corrected chi connectivity index (χ3v) is 2.48.